The van der Waals surface area contributed by atoms with Gasteiger partial charge in [0.25, 0.3) is 0 Å². The number of unbranched alkanes of at least 4 members (excludes halogenated alkanes) is 4. The van der Waals surface area contributed by atoms with Gasteiger partial charge in [-0.05, 0) is 25.7 Å². The third-order valence-corrected chi connectivity index (χ3v) is 3.55. The highest BCUT2D eigenvalue weighted by molar-refractivity contribution is 5.72. The molecule has 0 aliphatic carbocycles. The number of nitrogens with zero attached hydrogens (tertiary/aromatic N) is 1. The van der Waals surface area contributed by atoms with E-state index in [-0.39, 0.29) is 6.54 Å². The van der Waals surface area contributed by atoms with Crippen molar-refractivity contribution in [3.05, 3.63) is 12.2 Å². The lowest BCUT2D eigenvalue weighted by Crippen LogP contribution is -2.59. The molecule has 7 heteroatoms. The fourth-order valence-corrected chi connectivity index (χ4v) is 2.52. The van der Waals surface area contributed by atoms with Crippen LogP contribution in [0.3, 0.4) is 0 Å². The number of quaternary nitrogens is 1. The molecule has 0 heterocycles. The van der Waals surface area contributed by atoms with Crippen LogP contribution in [0.25, 0.3) is 0 Å². The smallest absolute Gasteiger partial charge is 0.359 e. The maximum absolute atomic E-state index is 11.0. The first kappa shape index (κ1) is 21.1. The molecule has 0 saturated heterocycles. The van der Waals surface area contributed by atoms with Crippen LogP contribution in [0, 0.1) is 0 Å². The Bertz CT molecular complexity index is 378. The van der Waals surface area contributed by atoms with Crippen molar-refractivity contribution in [3.63, 3.8) is 0 Å². The van der Waals surface area contributed by atoms with Crippen LogP contribution < -0.4 is 5.11 Å². The van der Waals surface area contributed by atoms with Crippen LogP contribution in [0.4, 0.5) is 0 Å². The molecular weight excluding hydrogens is 302 g/mol. The van der Waals surface area contributed by atoms with Crippen molar-refractivity contribution in [3.8, 4) is 0 Å². The van der Waals surface area contributed by atoms with E-state index in [1.165, 1.54) is 0 Å². The molecule has 0 saturated carbocycles. The fourth-order valence-electron chi connectivity index (χ4n) is 2.52. The number of aliphatic carboxylic acids is 3. The first-order chi connectivity index (χ1) is 10.8. The summed E-state index contributed by atoms with van der Waals surface area (Å²) in [4.78, 5) is 32.9. The van der Waals surface area contributed by atoms with Gasteiger partial charge in [0.2, 0.25) is 0 Å². The summed E-state index contributed by atoms with van der Waals surface area (Å²) in [5.41, 5.74) is 0. The maximum atomic E-state index is 11.0. The summed E-state index contributed by atoms with van der Waals surface area (Å²) in [5, 5.41) is 28.8. The standard InChI is InChI=1S/C16H27NO6/c1-2-3-4-5-6-7-8-9-10-17(11-14(18)19,12-15(20)21)13-16(22)23/h5-6H,2-4,7-13H2,1H3,(H2-,18,19,20,21,22,23)/b6-5+. The van der Waals surface area contributed by atoms with E-state index in [9.17, 15) is 19.5 Å². The highest BCUT2D eigenvalue weighted by Gasteiger charge is 2.33. The summed E-state index contributed by atoms with van der Waals surface area (Å²) in [6.45, 7) is 0.632. The van der Waals surface area contributed by atoms with Crippen molar-refractivity contribution in [2.75, 3.05) is 26.2 Å². The van der Waals surface area contributed by atoms with Crippen LogP contribution >= 0.6 is 0 Å². The van der Waals surface area contributed by atoms with E-state index in [2.05, 4.69) is 19.1 Å². The van der Waals surface area contributed by atoms with Gasteiger partial charge in [0.1, 0.15) is 6.54 Å². The lowest BCUT2D eigenvalue weighted by atomic mass is 10.1. The minimum Gasteiger partial charge on any atom is -0.544 e. The number of hydrogen-bond acceptors (Lipinski definition) is 4. The molecule has 0 aromatic heterocycles. The van der Waals surface area contributed by atoms with Crippen LogP contribution in [-0.2, 0) is 14.4 Å². The van der Waals surface area contributed by atoms with Crippen molar-refractivity contribution in [1.82, 2.24) is 0 Å². The Kier molecular flexibility index (Phi) is 10.7. The van der Waals surface area contributed by atoms with E-state index in [0.29, 0.717) is 6.42 Å². The Balaban J connectivity index is 4.54. The average molecular weight is 329 g/mol. The van der Waals surface area contributed by atoms with Crippen LogP contribution in [0.2, 0.25) is 0 Å². The summed E-state index contributed by atoms with van der Waals surface area (Å²) < 4.78 is -0.521. The third-order valence-electron chi connectivity index (χ3n) is 3.55. The largest absolute Gasteiger partial charge is 0.544 e. The van der Waals surface area contributed by atoms with Gasteiger partial charge in [0, 0.05) is 0 Å². The number of carbonyl (C=O) groups excluding carboxylic acids is 1. The zero-order valence-corrected chi connectivity index (χ0v) is 13.7. The molecule has 0 aromatic carbocycles. The number of carboxylic acids is 3. The van der Waals surface area contributed by atoms with E-state index < -0.39 is 42.0 Å². The Labute approximate surface area is 136 Å². The summed E-state index contributed by atoms with van der Waals surface area (Å²) in [6, 6.07) is 0. The van der Waals surface area contributed by atoms with Gasteiger partial charge in [-0.2, -0.15) is 0 Å². The van der Waals surface area contributed by atoms with Gasteiger partial charge in [0.15, 0.2) is 13.1 Å². The molecular formula is C16H27NO6. The molecule has 132 valence electrons. The average Bonchev–Trinajstić information content (AvgIpc) is 2.39. The van der Waals surface area contributed by atoms with Gasteiger partial charge < -0.3 is 24.6 Å². The quantitative estimate of drug-likeness (QED) is 0.274. The molecule has 2 N–H and O–H groups in total. The van der Waals surface area contributed by atoms with Crippen LogP contribution in [0.5, 0.6) is 0 Å². The summed E-state index contributed by atoms with van der Waals surface area (Å²) in [6.07, 6.45) is 9.59. The van der Waals surface area contributed by atoms with Crippen molar-refractivity contribution in [1.29, 1.82) is 0 Å². The molecule has 23 heavy (non-hydrogen) atoms. The first-order valence-corrected chi connectivity index (χ1v) is 7.95. The number of carboxylic acid groups (broad SMARTS) is 3. The Hall–Kier alpha value is -1.89. The van der Waals surface area contributed by atoms with E-state index in [0.717, 1.165) is 32.1 Å². The molecule has 7 nitrogen and oxygen atoms in total. The zero-order chi connectivity index (χ0) is 17.7. The highest BCUT2D eigenvalue weighted by atomic mass is 16.4. The lowest BCUT2D eigenvalue weighted by Gasteiger charge is -2.36. The van der Waals surface area contributed by atoms with Crippen LogP contribution in [-0.4, -0.2) is 58.8 Å². The van der Waals surface area contributed by atoms with Gasteiger partial charge in [-0.3, -0.25) is 0 Å². The third kappa shape index (κ3) is 11.3. The SMILES string of the molecule is CCCC/C=C/CCCC[N+](CC(=O)[O-])(CC(=O)O)CC(=O)O. The second-order valence-electron chi connectivity index (χ2n) is 5.81. The lowest BCUT2D eigenvalue weighted by molar-refractivity contribution is -0.909. The predicted octanol–water partition coefficient (Wildman–Crippen LogP) is 0.639. The number of rotatable bonds is 14. The minimum absolute atomic E-state index is 0.190. The van der Waals surface area contributed by atoms with Crippen LogP contribution in [0.1, 0.15) is 45.4 Å². The topological polar surface area (TPSA) is 115 Å². The number of allylic oxidation sites excluding steroid dienone is 2. The highest BCUT2D eigenvalue weighted by Crippen LogP contribution is 2.11. The summed E-state index contributed by atoms with van der Waals surface area (Å²) in [5.74, 6) is -3.87. The molecule has 0 rings (SSSR count). The Morgan fingerprint density at radius 3 is 1.87 bits per heavy atom. The molecule has 0 aliphatic heterocycles. The van der Waals surface area contributed by atoms with Crippen LogP contribution in [0.15, 0.2) is 12.2 Å². The minimum atomic E-state index is -1.44. The molecule has 0 amide bonds. The first-order valence-electron chi connectivity index (χ1n) is 7.95. The molecule has 0 spiro atoms. The molecule has 0 aliphatic rings. The normalized spacial score (nSPS) is 11.7. The number of carbonyl (C=O) groups is 3. The fraction of sp³-hybridized carbons (Fsp3) is 0.688. The van der Waals surface area contributed by atoms with Gasteiger partial charge in [-0.25, -0.2) is 9.59 Å². The van der Waals surface area contributed by atoms with Crippen molar-refractivity contribution >= 4 is 17.9 Å². The van der Waals surface area contributed by atoms with E-state index in [4.69, 9.17) is 10.2 Å². The van der Waals surface area contributed by atoms with Crippen molar-refractivity contribution in [2.45, 2.75) is 45.4 Å². The van der Waals surface area contributed by atoms with E-state index >= 15 is 0 Å². The zero-order valence-electron chi connectivity index (χ0n) is 13.7. The Morgan fingerprint density at radius 2 is 1.43 bits per heavy atom. The second kappa shape index (κ2) is 11.6. The van der Waals surface area contributed by atoms with Gasteiger partial charge in [-0.15, -0.1) is 0 Å². The molecule has 0 unspecified atom stereocenters. The molecule has 0 bridgehead atoms. The molecule has 0 aromatic rings. The van der Waals surface area contributed by atoms with Gasteiger partial charge in [-0.1, -0.05) is 31.9 Å². The van der Waals surface area contributed by atoms with Crippen molar-refractivity contribution in [2.24, 2.45) is 0 Å². The van der Waals surface area contributed by atoms with E-state index in [1.807, 2.05) is 0 Å². The van der Waals surface area contributed by atoms with Gasteiger partial charge in [0.05, 0.1) is 12.5 Å². The van der Waals surface area contributed by atoms with Crippen molar-refractivity contribution < 1.29 is 34.2 Å². The molecule has 0 atom stereocenters. The summed E-state index contributed by atoms with van der Waals surface area (Å²) in [7, 11) is 0. The number of hydrogen-bond donors (Lipinski definition) is 2. The second-order valence-corrected chi connectivity index (χ2v) is 5.81. The summed E-state index contributed by atoms with van der Waals surface area (Å²) >= 11 is 0. The predicted molar refractivity (Wildman–Crippen MR) is 82.5 cm³/mol. The monoisotopic (exact) mass is 329 g/mol. The maximum Gasteiger partial charge on any atom is 0.359 e. The molecule has 0 radical (unpaired) electrons. The molecule has 0 fully saturated rings. The van der Waals surface area contributed by atoms with Gasteiger partial charge >= 0.3 is 11.9 Å². The van der Waals surface area contributed by atoms with E-state index in [1.54, 1.807) is 0 Å². The Morgan fingerprint density at radius 1 is 0.913 bits per heavy atom.